The van der Waals surface area contributed by atoms with Gasteiger partial charge in [-0.1, -0.05) is 6.92 Å². The van der Waals surface area contributed by atoms with Crippen LogP contribution in [0.3, 0.4) is 0 Å². The van der Waals surface area contributed by atoms with Crippen molar-refractivity contribution in [1.29, 1.82) is 0 Å². The van der Waals surface area contributed by atoms with Crippen LogP contribution in [0.25, 0.3) is 0 Å². The zero-order chi connectivity index (χ0) is 7.82. The van der Waals surface area contributed by atoms with E-state index in [1.54, 1.807) is 0 Å². The normalized spacial score (nSPS) is 11.6. The van der Waals surface area contributed by atoms with E-state index in [4.69, 9.17) is 11.8 Å². The Labute approximate surface area is 79.1 Å². The topological polar surface area (TPSA) is 0 Å². The van der Waals surface area contributed by atoms with E-state index >= 15 is 0 Å². The third-order valence-electron chi connectivity index (χ3n) is 0.987. The molecule has 0 radical (unpaired) electrons. The van der Waals surface area contributed by atoms with Gasteiger partial charge in [0, 0.05) is 0 Å². The lowest BCUT2D eigenvalue weighted by Gasteiger charge is -1.93. The van der Waals surface area contributed by atoms with Gasteiger partial charge in [-0.25, -0.2) is 0 Å². The van der Waals surface area contributed by atoms with Gasteiger partial charge in [-0.3, -0.25) is 0 Å². The molecule has 0 saturated heterocycles. The summed E-state index contributed by atoms with van der Waals surface area (Å²) in [6.07, 6.45) is 3.68. The van der Waals surface area contributed by atoms with Crippen LogP contribution < -0.4 is 0 Å². The Bertz CT molecular complexity index is 95.0. The Morgan fingerprint density at radius 3 is 2.70 bits per heavy atom. The maximum absolute atomic E-state index is 4.98. The number of thioether (sulfide) groups is 1. The lowest BCUT2D eigenvalue weighted by molar-refractivity contribution is 1.08. The summed E-state index contributed by atoms with van der Waals surface area (Å²) >= 11 is 11.2. The quantitative estimate of drug-likeness (QED) is 0.408. The first-order valence-corrected chi connectivity index (χ1v) is 8.33. The summed E-state index contributed by atoms with van der Waals surface area (Å²) in [5.74, 6) is 2.20. The predicted octanol–water partition coefficient (Wildman–Crippen LogP) is 3.31. The van der Waals surface area contributed by atoms with Gasteiger partial charge in [0.25, 0.3) is 0 Å². The van der Waals surface area contributed by atoms with Gasteiger partial charge in [0.15, 0.2) is 11.8 Å². The van der Waals surface area contributed by atoms with E-state index in [2.05, 4.69) is 19.2 Å². The molecule has 0 bridgehead atoms. The summed E-state index contributed by atoms with van der Waals surface area (Å²) < 4.78 is 0. The highest BCUT2D eigenvalue weighted by molar-refractivity contribution is 8.56. The SMILES string of the molecule is CCCSCCC[P+](=S)S. The Morgan fingerprint density at radius 2 is 2.20 bits per heavy atom. The zero-order valence-electron chi connectivity index (χ0n) is 6.25. The van der Waals surface area contributed by atoms with Gasteiger partial charge in [0.05, 0.1) is 12.2 Å². The van der Waals surface area contributed by atoms with Gasteiger partial charge >= 0.3 is 0 Å². The second kappa shape index (κ2) is 8.32. The van der Waals surface area contributed by atoms with Crippen molar-refractivity contribution < 1.29 is 0 Å². The van der Waals surface area contributed by atoms with Crippen LogP contribution >= 0.6 is 29.9 Å². The van der Waals surface area contributed by atoms with E-state index in [1.165, 1.54) is 24.3 Å². The molecule has 0 spiro atoms. The minimum absolute atomic E-state index is 0.357. The largest absolute Gasteiger partial charge is 0.242 e. The Hall–Kier alpha value is 1.22. The molecule has 0 rings (SSSR count). The molecule has 0 heterocycles. The predicted molar refractivity (Wildman–Crippen MR) is 60.4 cm³/mol. The molecule has 0 aromatic carbocycles. The van der Waals surface area contributed by atoms with E-state index < -0.39 is 0 Å². The molecule has 0 aliphatic heterocycles. The summed E-state index contributed by atoms with van der Waals surface area (Å²) in [4.78, 5) is 0. The fourth-order valence-electron chi connectivity index (χ4n) is 0.548. The first kappa shape index (κ1) is 11.2. The second-order valence-electron chi connectivity index (χ2n) is 2.04. The molecule has 0 aliphatic rings. The van der Waals surface area contributed by atoms with Crippen molar-refractivity contribution in [2.45, 2.75) is 19.8 Å². The molecule has 0 nitrogen and oxygen atoms in total. The van der Waals surface area contributed by atoms with E-state index in [-0.39, 0.29) is 5.90 Å². The molecule has 0 aromatic rings. The molecule has 0 saturated carbocycles. The maximum atomic E-state index is 4.98. The summed E-state index contributed by atoms with van der Waals surface area (Å²) in [7, 11) is 0. The zero-order valence-corrected chi connectivity index (χ0v) is 9.67. The first-order chi connectivity index (χ1) is 4.77. The van der Waals surface area contributed by atoms with Crippen molar-refractivity contribution in [3.8, 4) is 0 Å². The monoisotopic (exact) mass is 213 g/mol. The molecule has 0 amide bonds. The molecule has 1 atom stereocenters. The number of hydrogen-bond donors (Lipinski definition) is 1. The lowest BCUT2D eigenvalue weighted by atomic mass is 10.6. The molecule has 0 aliphatic carbocycles. The minimum atomic E-state index is -0.357. The van der Waals surface area contributed by atoms with Crippen LogP contribution in [0, 0.1) is 0 Å². The van der Waals surface area contributed by atoms with Gasteiger partial charge in [-0.15, -0.1) is 0 Å². The van der Waals surface area contributed by atoms with Crippen LogP contribution in [-0.4, -0.2) is 17.7 Å². The number of thiol groups is 1. The van der Waals surface area contributed by atoms with Crippen molar-refractivity contribution in [3.05, 3.63) is 0 Å². The lowest BCUT2D eigenvalue weighted by Crippen LogP contribution is -1.83. The van der Waals surface area contributed by atoms with Crippen LogP contribution in [0.2, 0.25) is 0 Å². The van der Waals surface area contributed by atoms with E-state index in [0.717, 1.165) is 6.16 Å². The summed E-state index contributed by atoms with van der Waals surface area (Å²) in [5, 5.41) is 0. The molecule has 10 heavy (non-hydrogen) atoms. The Balaban J connectivity index is 2.84. The Kier molecular flexibility index (Phi) is 9.33. The summed E-state index contributed by atoms with van der Waals surface area (Å²) in [6.45, 7) is 2.21. The van der Waals surface area contributed by atoms with Crippen LogP contribution in [0.4, 0.5) is 0 Å². The number of hydrogen-bond acceptors (Lipinski definition) is 2. The molecule has 0 aromatic heterocycles. The smallest absolute Gasteiger partial charge is 0.162 e. The molecule has 0 N–H and O–H groups in total. The maximum Gasteiger partial charge on any atom is 0.242 e. The van der Waals surface area contributed by atoms with Gasteiger partial charge in [0.2, 0.25) is 5.90 Å². The third kappa shape index (κ3) is 9.22. The van der Waals surface area contributed by atoms with Gasteiger partial charge in [-0.2, -0.15) is 11.8 Å². The summed E-state index contributed by atoms with van der Waals surface area (Å²) in [6, 6.07) is 0. The van der Waals surface area contributed by atoms with Crippen LogP contribution in [-0.2, 0) is 11.8 Å². The molecule has 60 valence electrons. The van der Waals surface area contributed by atoms with Gasteiger partial charge in [-0.05, 0) is 24.3 Å². The minimum Gasteiger partial charge on any atom is -0.162 e. The molecule has 0 fully saturated rings. The Morgan fingerprint density at radius 1 is 1.50 bits per heavy atom. The van der Waals surface area contributed by atoms with Crippen molar-refractivity contribution in [3.63, 3.8) is 0 Å². The highest BCUT2D eigenvalue weighted by atomic mass is 32.9. The highest BCUT2D eigenvalue weighted by Crippen LogP contribution is 2.27. The molecular formula is C6H14PS3+. The third-order valence-corrected chi connectivity index (χ3v) is 4.11. The van der Waals surface area contributed by atoms with E-state index in [1.807, 2.05) is 11.8 Å². The van der Waals surface area contributed by atoms with Crippen molar-refractivity contribution >= 4 is 41.7 Å². The highest BCUT2D eigenvalue weighted by Gasteiger charge is 2.00. The standard InChI is InChI=1S/C6H13PS3/c1-2-5-10-6-3-4-7(8)9/h2-6H2,1H3/p+1. The van der Waals surface area contributed by atoms with Crippen LogP contribution in [0.15, 0.2) is 0 Å². The first-order valence-electron chi connectivity index (χ1n) is 3.48. The van der Waals surface area contributed by atoms with Gasteiger partial charge in [0.1, 0.15) is 6.16 Å². The van der Waals surface area contributed by atoms with Gasteiger partial charge < -0.3 is 0 Å². The van der Waals surface area contributed by atoms with Crippen molar-refractivity contribution in [2.24, 2.45) is 0 Å². The van der Waals surface area contributed by atoms with Crippen LogP contribution in [0.5, 0.6) is 0 Å². The fourth-order valence-corrected chi connectivity index (χ4v) is 2.84. The summed E-state index contributed by atoms with van der Waals surface area (Å²) in [5.41, 5.74) is 0. The fraction of sp³-hybridized carbons (Fsp3) is 1.00. The van der Waals surface area contributed by atoms with Crippen LogP contribution in [0.1, 0.15) is 19.8 Å². The van der Waals surface area contributed by atoms with E-state index in [9.17, 15) is 0 Å². The molecule has 1 unspecified atom stereocenters. The van der Waals surface area contributed by atoms with E-state index in [0.29, 0.717) is 0 Å². The second-order valence-corrected chi connectivity index (χ2v) is 8.00. The molecular weight excluding hydrogens is 199 g/mol. The van der Waals surface area contributed by atoms with Crippen molar-refractivity contribution in [1.82, 2.24) is 0 Å². The number of rotatable bonds is 6. The molecule has 4 heteroatoms. The average molecular weight is 213 g/mol. The van der Waals surface area contributed by atoms with Crippen molar-refractivity contribution in [2.75, 3.05) is 17.7 Å². The average Bonchev–Trinajstić information content (AvgIpc) is 1.87.